The van der Waals surface area contributed by atoms with Crippen LogP contribution in [0.1, 0.15) is 132 Å². The van der Waals surface area contributed by atoms with Gasteiger partial charge in [0.2, 0.25) is 11.8 Å². The lowest BCUT2D eigenvalue weighted by Gasteiger charge is -2.34. The van der Waals surface area contributed by atoms with Crippen LogP contribution in [0.2, 0.25) is 0 Å². The maximum atomic E-state index is 13.8. The van der Waals surface area contributed by atoms with E-state index in [0.29, 0.717) is 44.3 Å². The average molecular weight is 1130 g/mol. The molecule has 2 aliphatic rings. The second kappa shape index (κ2) is 35.4. The van der Waals surface area contributed by atoms with E-state index < -0.39 is 120 Å². The highest BCUT2D eigenvalue weighted by Gasteiger charge is 2.47. The Balaban J connectivity index is 0.000000565. The molecule has 4 amide bonds. The first-order chi connectivity index (χ1) is 37.8. The smallest absolute Gasteiger partial charge is 0.303 e. The SMILES string of the molecule is CCC(C)/C=C/[C@@H](OC(C)=O)[C@H](OC(C)=O)[C@@H](OC(C)=O)[C@@H](OC)C(=O)N[C@H]1CCCCN(Cc2ccc(F)c(C#N)c2)C1=O.CCC(C)/C=C/[C@@H](OC(C)=O)[C@H](OC(C)=O)[C@@H](OC(C)=O)[C@@H](OC)C(=O)N[C@H]1CCCCNC1=O. The normalized spacial score (nSPS) is 19.3. The van der Waals surface area contributed by atoms with Gasteiger partial charge in [0, 0.05) is 75.4 Å². The van der Waals surface area contributed by atoms with E-state index in [2.05, 4.69) is 16.0 Å². The molecule has 80 heavy (non-hydrogen) atoms. The lowest BCUT2D eigenvalue weighted by atomic mass is 9.98. The number of ether oxygens (including phenoxy) is 8. The number of halogens is 1. The zero-order valence-electron chi connectivity index (χ0n) is 47.9. The molecule has 2 heterocycles. The molecule has 0 radical (unpaired) electrons. The predicted molar refractivity (Wildman–Crippen MR) is 283 cm³/mol. The van der Waals surface area contributed by atoms with Crippen LogP contribution in [0.15, 0.2) is 42.5 Å². The number of nitriles is 1. The molecule has 12 atom stereocenters. The largest absolute Gasteiger partial charge is 0.455 e. The Morgan fingerprint density at radius 2 is 1.07 bits per heavy atom. The Hall–Kier alpha value is -7.26. The minimum absolute atomic E-state index is 0.0559. The molecular formula is C56H80FN5O18. The molecule has 0 aromatic heterocycles. The first-order valence-corrected chi connectivity index (χ1v) is 26.6. The van der Waals surface area contributed by atoms with Gasteiger partial charge in [-0.2, -0.15) is 5.26 Å². The molecule has 2 saturated heterocycles. The molecule has 0 spiro atoms. The minimum atomic E-state index is -1.59. The molecule has 444 valence electrons. The lowest BCUT2D eigenvalue weighted by molar-refractivity contribution is -0.192. The van der Waals surface area contributed by atoms with E-state index in [0.717, 1.165) is 66.4 Å². The van der Waals surface area contributed by atoms with Gasteiger partial charge in [0.25, 0.3) is 11.8 Å². The zero-order valence-corrected chi connectivity index (χ0v) is 47.9. The highest BCUT2D eigenvalue weighted by Crippen LogP contribution is 2.25. The van der Waals surface area contributed by atoms with Crippen LogP contribution in [0.5, 0.6) is 0 Å². The summed E-state index contributed by atoms with van der Waals surface area (Å²) in [5.41, 5.74) is 0.400. The number of carbonyl (C=O) groups is 10. The van der Waals surface area contributed by atoms with Gasteiger partial charge in [-0.05, 0) is 80.2 Å². The fourth-order valence-electron chi connectivity index (χ4n) is 8.43. The van der Waals surface area contributed by atoms with Crippen LogP contribution in [0, 0.1) is 29.0 Å². The van der Waals surface area contributed by atoms with Crippen LogP contribution >= 0.6 is 0 Å². The number of likely N-dealkylation sites (tertiary alicyclic amines) is 1. The van der Waals surface area contributed by atoms with Crippen molar-refractivity contribution >= 4 is 59.4 Å². The molecule has 2 unspecified atom stereocenters. The van der Waals surface area contributed by atoms with Gasteiger partial charge in [0.15, 0.2) is 48.8 Å². The molecule has 3 rings (SSSR count). The summed E-state index contributed by atoms with van der Waals surface area (Å²) in [5.74, 6) is -7.35. The standard InChI is InChI=1S/C32H42FN3O9.C24H38N2O9/c1-7-19(2)11-14-27(43-20(3)37)28(44-21(4)38)29(45-22(5)39)30(42-6)31(40)35-26-10-8-9-15-36(32(26)41)18-23-12-13-25(33)24(16-23)17-34;1-7-14(2)11-12-19(33-15(3)27)20(34-16(4)28)21(35-17(5)29)22(32-6)24(31)26-18-10-8-9-13-25-23(18)30/h11-14,16,19,26-30H,7-10,15,18H2,1-6H3,(H,35,40);11-12,14,18-22H,7-10,13H2,1-6H3,(H,25,30)(H,26,31)/b14-11+;12-11+/t19?,26-,27+,28-,29+,30+;14?,18-,19+,20-,21+,22+/m00/s1. The van der Waals surface area contributed by atoms with Gasteiger partial charge in [0.1, 0.15) is 24.0 Å². The molecule has 23 nitrogen and oxygen atoms in total. The van der Waals surface area contributed by atoms with Crippen LogP contribution in [-0.4, -0.2) is 153 Å². The summed E-state index contributed by atoms with van der Waals surface area (Å²) in [4.78, 5) is 127. The van der Waals surface area contributed by atoms with Crippen LogP contribution in [-0.2, 0) is 92.4 Å². The number of methoxy groups -OCH3 is 2. The fourth-order valence-corrected chi connectivity index (χ4v) is 8.43. The number of nitrogens with one attached hydrogen (secondary N) is 3. The van der Waals surface area contributed by atoms with E-state index in [1.54, 1.807) is 18.2 Å². The Bertz CT molecular complexity index is 2390. The van der Waals surface area contributed by atoms with Crippen LogP contribution in [0.3, 0.4) is 0 Å². The summed E-state index contributed by atoms with van der Waals surface area (Å²) in [5, 5.41) is 17.2. The molecule has 1 aromatic carbocycles. The third-order valence-corrected chi connectivity index (χ3v) is 12.7. The van der Waals surface area contributed by atoms with Crippen molar-refractivity contribution in [1.29, 1.82) is 5.26 Å². The van der Waals surface area contributed by atoms with Gasteiger partial charge >= 0.3 is 35.8 Å². The van der Waals surface area contributed by atoms with Gasteiger partial charge < -0.3 is 58.7 Å². The molecule has 0 saturated carbocycles. The highest BCUT2D eigenvalue weighted by molar-refractivity contribution is 5.91. The van der Waals surface area contributed by atoms with E-state index in [4.69, 9.17) is 37.9 Å². The number of carbonyl (C=O) groups excluding carboxylic acids is 10. The number of nitrogens with zero attached hydrogens (tertiary/aromatic N) is 2. The van der Waals surface area contributed by atoms with Gasteiger partial charge in [-0.1, -0.05) is 58.8 Å². The number of benzene rings is 1. The summed E-state index contributed by atoms with van der Waals surface area (Å²) in [7, 11) is 2.40. The molecule has 2 aliphatic heterocycles. The Labute approximate surface area is 467 Å². The first kappa shape index (κ1) is 68.8. The van der Waals surface area contributed by atoms with Crippen molar-refractivity contribution < 1.29 is 90.2 Å². The van der Waals surface area contributed by atoms with Gasteiger partial charge in [-0.25, -0.2) is 4.39 Å². The van der Waals surface area contributed by atoms with Crippen molar-refractivity contribution in [2.24, 2.45) is 11.8 Å². The summed E-state index contributed by atoms with van der Waals surface area (Å²) in [6, 6.07) is 4.00. The number of rotatable bonds is 26. The molecule has 1 aromatic rings. The first-order valence-electron chi connectivity index (χ1n) is 26.6. The maximum Gasteiger partial charge on any atom is 0.303 e. The quantitative estimate of drug-likeness (QED) is 0.0662. The lowest BCUT2D eigenvalue weighted by Crippen LogP contribution is -2.58. The van der Waals surface area contributed by atoms with Crippen molar-refractivity contribution in [3.05, 3.63) is 59.4 Å². The topological polar surface area (TPSA) is 308 Å². The number of allylic oxidation sites excluding steroid dienone is 2. The molecular weight excluding hydrogens is 1050 g/mol. The Morgan fingerprint density at radius 1 is 0.650 bits per heavy atom. The van der Waals surface area contributed by atoms with Gasteiger partial charge in [-0.3, -0.25) is 47.9 Å². The zero-order chi connectivity index (χ0) is 60.2. The highest BCUT2D eigenvalue weighted by atomic mass is 19.1. The third kappa shape index (κ3) is 23.6. The molecule has 2 fully saturated rings. The van der Waals surface area contributed by atoms with Gasteiger partial charge in [0.05, 0.1) is 5.56 Å². The number of hydrogen-bond acceptors (Lipinski definition) is 19. The molecule has 3 N–H and O–H groups in total. The van der Waals surface area contributed by atoms with Crippen molar-refractivity contribution in [2.45, 2.75) is 188 Å². The molecule has 24 heteroatoms. The van der Waals surface area contributed by atoms with E-state index in [1.165, 1.54) is 50.3 Å². The Kier molecular flexibility index (Phi) is 30.4. The molecule has 0 bridgehead atoms. The summed E-state index contributed by atoms with van der Waals surface area (Å²) in [6.07, 6.45) is 0.0975. The second-order valence-corrected chi connectivity index (χ2v) is 19.4. The fraction of sp³-hybridized carbons (Fsp3) is 0.625. The summed E-state index contributed by atoms with van der Waals surface area (Å²) in [6.45, 7) is 15.6. The van der Waals surface area contributed by atoms with Crippen molar-refractivity contribution in [1.82, 2.24) is 20.9 Å². The number of hydrogen-bond donors (Lipinski definition) is 3. The molecule has 0 aliphatic carbocycles. The van der Waals surface area contributed by atoms with Gasteiger partial charge in [-0.15, -0.1) is 0 Å². The summed E-state index contributed by atoms with van der Waals surface area (Å²) < 4.78 is 57.3. The maximum absolute atomic E-state index is 13.8. The van der Waals surface area contributed by atoms with Crippen molar-refractivity contribution in [3.8, 4) is 6.07 Å². The van der Waals surface area contributed by atoms with Crippen LogP contribution in [0.25, 0.3) is 0 Å². The van der Waals surface area contributed by atoms with Crippen molar-refractivity contribution in [3.63, 3.8) is 0 Å². The van der Waals surface area contributed by atoms with E-state index in [9.17, 15) is 57.6 Å². The number of esters is 6. The summed E-state index contributed by atoms with van der Waals surface area (Å²) >= 11 is 0. The number of amides is 4. The van der Waals surface area contributed by atoms with Crippen molar-refractivity contribution in [2.75, 3.05) is 27.3 Å². The van der Waals surface area contributed by atoms with E-state index >= 15 is 0 Å². The second-order valence-electron chi connectivity index (χ2n) is 19.4. The average Bonchev–Trinajstić information content (AvgIpc) is 3.70. The Morgan fingerprint density at radius 3 is 1.50 bits per heavy atom. The monoisotopic (exact) mass is 1130 g/mol. The minimum Gasteiger partial charge on any atom is -0.455 e. The van der Waals surface area contributed by atoms with E-state index in [-0.39, 0.29) is 29.9 Å². The van der Waals surface area contributed by atoms with E-state index in [1.807, 2.05) is 27.7 Å². The third-order valence-electron chi connectivity index (χ3n) is 12.7. The van der Waals surface area contributed by atoms with Crippen LogP contribution < -0.4 is 16.0 Å². The van der Waals surface area contributed by atoms with Crippen LogP contribution in [0.4, 0.5) is 4.39 Å². The predicted octanol–water partition coefficient (Wildman–Crippen LogP) is 4.29.